The Morgan fingerprint density at radius 1 is 1.00 bits per heavy atom. The van der Waals surface area contributed by atoms with Gasteiger partial charge in [0.05, 0.1) is 12.2 Å². The van der Waals surface area contributed by atoms with Gasteiger partial charge in [0.2, 0.25) is 0 Å². The summed E-state index contributed by atoms with van der Waals surface area (Å²) in [6, 6.07) is 9.81. The third kappa shape index (κ3) is 3.60. The first-order chi connectivity index (χ1) is 13.5. The Labute approximate surface area is 161 Å². The third-order valence-electron chi connectivity index (χ3n) is 4.95. The Bertz CT molecular complexity index is 951. The molecule has 28 heavy (non-hydrogen) atoms. The number of rotatable bonds is 4. The number of hydrogen-bond acceptors (Lipinski definition) is 3. The Kier molecular flexibility index (Phi) is 4.81. The van der Waals surface area contributed by atoms with Crippen LogP contribution in [0.1, 0.15) is 24.0 Å². The van der Waals surface area contributed by atoms with E-state index < -0.39 is 11.9 Å². The number of anilines is 1. The summed E-state index contributed by atoms with van der Waals surface area (Å²) in [5, 5.41) is 2.51. The van der Waals surface area contributed by atoms with Crippen LogP contribution in [0.3, 0.4) is 0 Å². The minimum atomic E-state index is -0.560. The van der Waals surface area contributed by atoms with Gasteiger partial charge in [0, 0.05) is 13.1 Å². The Balaban J connectivity index is 1.52. The maximum atomic E-state index is 14.5. The number of imide groups is 1. The number of benzene rings is 2. The first kappa shape index (κ1) is 18.2. The van der Waals surface area contributed by atoms with Crippen LogP contribution in [-0.4, -0.2) is 29.9 Å². The van der Waals surface area contributed by atoms with Crippen LogP contribution in [0.5, 0.6) is 0 Å². The lowest BCUT2D eigenvalue weighted by molar-refractivity contribution is -0.123. The molecular formula is C21H19F2N3O2. The van der Waals surface area contributed by atoms with Gasteiger partial charge < -0.3 is 10.2 Å². The van der Waals surface area contributed by atoms with Gasteiger partial charge in [-0.15, -0.1) is 0 Å². The summed E-state index contributed by atoms with van der Waals surface area (Å²) in [6.45, 7) is 1.71. The van der Waals surface area contributed by atoms with Gasteiger partial charge in [0.25, 0.3) is 5.91 Å². The van der Waals surface area contributed by atoms with Gasteiger partial charge in [0.15, 0.2) is 0 Å². The van der Waals surface area contributed by atoms with Crippen LogP contribution >= 0.6 is 0 Å². The molecule has 0 radical (unpaired) electrons. The van der Waals surface area contributed by atoms with Crippen molar-refractivity contribution in [3.63, 3.8) is 0 Å². The van der Waals surface area contributed by atoms with E-state index in [-0.39, 0.29) is 23.9 Å². The van der Waals surface area contributed by atoms with Crippen molar-refractivity contribution in [2.45, 2.75) is 19.4 Å². The summed E-state index contributed by atoms with van der Waals surface area (Å²) in [5.41, 5.74) is 1.76. The lowest BCUT2D eigenvalue weighted by atomic mass is 10.1. The number of carbonyl (C=O) groups is 2. The van der Waals surface area contributed by atoms with Crippen molar-refractivity contribution in [1.29, 1.82) is 0 Å². The average molecular weight is 383 g/mol. The molecule has 2 aliphatic heterocycles. The monoisotopic (exact) mass is 383 g/mol. The van der Waals surface area contributed by atoms with Crippen LogP contribution in [0, 0.1) is 11.6 Å². The van der Waals surface area contributed by atoms with Crippen molar-refractivity contribution < 1.29 is 18.4 Å². The molecule has 4 rings (SSSR count). The highest BCUT2D eigenvalue weighted by molar-refractivity contribution is 6.13. The molecule has 2 saturated heterocycles. The average Bonchev–Trinajstić information content (AvgIpc) is 3.28. The fraction of sp³-hybridized carbons (Fsp3) is 0.238. The molecule has 144 valence electrons. The van der Waals surface area contributed by atoms with E-state index >= 15 is 0 Å². The van der Waals surface area contributed by atoms with E-state index in [2.05, 4.69) is 5.32 Å². The van der Waals surface area contributed by atoms with Gasteiger partial charge in [-0.1, -0.05) is 18.2 Å². The van der Waals surface area contributed by atoms with Crippen molar-refractivity contribution >= 4 is 23.7 Å². The zero-order valence-electron chi connectivity index (χ0n) is 15.1. The summed E-state index contributed by atoms with van der Waals surface area (Å²) >= 11 is 0. The molecule has 0 aliphatic carbocycles. The van der Waals surface area contributed by atoms with E-state index in [0.717, 1.165) is 30.8 Å². The molecule has 5 nitrogen and oxygen atoms in total. The lowest BCUT2D eigenvalue weighted by Gasteiger charge is -2.18. The summed E-state index contributed by atoms with van der Waals surface area (Å²) in [6.07, 6.45) is 3.56. The number of nitrogens with zero attached hydrogens (tertiary/aromatic N) is 2. The molecular weight excluding hydrogens is 364 g/mol. The summed E-state index contributed by atoms with van der Waals surface area (Å²) in [4.78, 5) is 27.7. The molecule has 0 saturated carbocycles. The van der Waals surface area contributed by atoms with Crippen LogP contribution in [0.2, 0.25) is 0 Å². The summed E-state index contributed by atoms with van der Waals surface area (Å²) in [5.74, 6) is -1.24. The van der Waals surface area contributed by atoms with E-state index in [4.69, 9.17) is 0 Å². The Hall–Kier alpha value is -3.22. The number of halogens is 2. The molecule has 0 atom stereocenters. The maximum absolute atomic E-state index is 14.5. The van der Waals surface area contributed by atoms with Gasteiger partial charge in [0.1, 0.15) is 17.3 Å². The van der Waals surface area contributed by atoms with Crippen LogP contribution < -0.4 is 10.2 Å². The number of hydrogen-bond donors (Lipinski definition) is 1. The largest absolute Gasteiger partial charge is 0.369 e. The second-order valence-corrected chi connectivity index (χ2v) is 6.91. The molecule has 2 heterocycles. The standard InChI is InChI=1S/C21H19F2N3O2/c22-16-6-3-14(4-7-16)13-26-20(27)18(24-21(26)28)12-15-5-8-19(17(23)11-15)25-9-1-2-10-25/h3-8,11-12H,1-2,9-10,13H2,(H,24,28). The maximum Gasteiger partial charge on any atom is 0.329 e. The van der Waals surface area contributed by atoms with E-state index in [1.54, 1.807) is 12.1 Å². The predicted octanol–water partition coefficient (Wildman–Crippen LogP) is 3.66. The van der Waals surface area contributed by atoms with E-state index in [9.17, 15) is 18.4 Å². The first-order valence-corrected chi connectivity index (χ1v) is 9.15. The highest BCUT2D eigenvalue weighted by Crippen LogP contribution is 2.26. The third-order valence-corrected chi connectivity index (χ3v) is 4.95. The van der Waals surface area contributed by atoms with Crippen molar-refractivity contribution in [3.05, 3.63) is 70.9 Å². The van der Waals surface area contributed by atoms with E-state index in [1.165, 1.54) is 36.4 Å². The zero-order valence-corrected chi connectivity index (χ0v) is 15.1. The quantitative estimate of drug-likeness (QED) is 0.648. The molecule has 2 aromatic rings. The Morgan fingerprint density at radius 3 is 2.39 bits per heavy atom. The van der Waals surface area contributed by atoms with Crippen molar-refractivity contribution in [2.75, 3.05) is 18.0 Å². The molecule has 0 unspecified atom stereocenters. The highest BCUT2D eigenvalue weighted by atomic mass is 19.1. The molecule has 0 aromatic heterocycles. The normalized spacial score (nSPS) is 18.3. The Morgan fingerprint density at radius 2 is 1.71 bits per heavy atom. The molecule has 3 amide bonds. The van der Waals surface area contributed by atoms with Gasteiger partial charge >= 0.3 is 6.03 Å². The molecule has 0 spiro atoms. The number of amides is 3. The second kappa shape index (κ2) is 7.42. The number of carbonyl (C=O) groups excluding carboxylic acids is 2. The van der Waals surface area contributed by atoms with Crippen molar-refractivity contribution in [3.8, 4) is 0 Å². The SMILES string of the molecule is O=C1NC(=Cc2ccc(N3CCCC3)c(F)c2)C(=O)N1Cc1ccc(F)cc1. The van der Waals surface area contributed by atoms with Gasteiger partial charge in [-0.3, -0.25) is 9.69 Å². The second-order valence-electron chi connectivity index (χ2n) is 6.91. The zero-order chi connectivity index (χ0) is 19.7. The van der Waals surface area contributed by atoms with Gasteiger partial charge in [-0.05, 0) is 54.3 Å². The van der Waals surface area contributed by atoms with Crippen LogP contribution in [0.25, 0.3) is 6.08 Å². The van der Waals surface area contributed by atoms with Crippen LogP contribution in [-0.2, 0) is 11.3 Å². The molecule has 2 aliphatic rings. The number of urea groups is 1. The minimum Gasteiger partial charge on any atom is -0.369 e. The van der Waals surface area contributed by atoms with E-state index in [1.807, 2.05) is 4.90 Å². The minimum absolute atomic E-state index is 0.0323. The van der Waals surface area contributed by atoms with Crippen molar-refractivity contribution in [1.82, 2.24) is 10.2 Å². The van der Waals surface area contributed by atoms with E-state index in [0.29, 0.717) is 16.8 Å². The molecule has 0 bridgehead atoms. The summed E-state index contributed by atoms with van der Waals surface area (Å²) < 4.78 is 27.5. The number of nitrogens with one attached hydrogen (secondary N) is 1. The lowest BCUT2D eigenvalue weighted by Crippen LogP contribution is -2.30. The summed E-state index contributed by atoms with van der Waals surface area (Å²) in [7, 11) is 0. The van der Waals surface area contributed by atoms with Gasteiger partial charge in [-0.2, -0.15) is 0 Å². The topological polar surface area (TPSA) is 52.7 Å². The van der Waals surface area contributed by atoms with Crippen LogP contribution in [0.15, 0.2) is 48.2 Å². The molecule has 2 aromatic carbocycles. The molecule has 1 N–H and O–H groups in total. The predicted molar refractivity (Wildman–Crippen MR) is 101 cm³/mol. The highest BCUT2D eigenvalue weighted by Gasteiger charge is 2.33. The molecule has 2 fully saturated rings. The fourth-order valence-corrected chi connectivity index (χ4v) is 3.48. The first-order valence-electron chi connectivity index (χ1n) is 9.15. The smallest absolute Gasteiger partial charge is 0.329 e. The van der Waals surface area contributed by atoms with Crippen LogP contribution in [0.4, 0.5) is 19.3 Å². The molecule has 7 heteroatoms. The van der Waals surface area contributed by atoms with Gasteiger partial charge in [-0.25, -0.2) is 13.6 Å². The fourth-order valence-electron chi connectivity index (χ4n) is 3.48. The van der Waals surface area contributed by atoms with Crippen molar-refractivity contribution in [2.24, 2.45) is 0 Å².